The van der Waals surface area contributed by atoms with E-state index < -0.39 is 42.5 Å². The highest BCUT2D eigenvalue weighted by Crippen LogP contribution is 2.38. The third-order valence-corrected chi connectivity index (χ3v) is 4.58. The number of carbonyl (C=O) groups is 3. The minimum atomic E-state index is -4.52. The molecule has 166 valence electrons. The van der Waals surface area contributed by atoms with E-state index >= 15 is 0 Å². The maximum atomic E-state index is 13.0. The smallest absolute Gasteiger partial charge is 0.416 e. The predicted octanol–water partition coefficient (Wildman–Crippen LogP) is 2.84. The standard InChI is InChI=1S/C21H21F3N2O5/c1-12(27)26(11-18(25)28)10-16-14(9-19(29)30)5-8-17(31-2)20(16)13-3-6-15(7-4-13)21(22,23)24/h3-8H,9-11H2,1-2H3,(H2,25,28)(H,29,30). The molecule has 2 aromatic rings. The van der Waals surface area contributed by atoms with Crippen LogP contribution in [-0.2, 0) is 33.5 Å². The van der Waals surface area contributed by atoms with Crippen molar-refractivity contribution in [1.82, 2.24) is 4.90 Å². The molecule has 10 heteroatoms. The molecule has 0 radical (unpaired) electrons. The Labute approximate surface area is 176 Å². The molecule has 0 bridgehead atoms. The van der Waals surface area contributed by atoms with E-state index in [9.17, 15) is 32.7 Å². The van der Waals surface area contributed by atoms with E-state index in [2.05, 4.69) is 0 Å². The quantitative estimate of drug-likeness (QED) is 0.659. The molecule has 0 aliphatic carbocycles. The number of ether oxygens (including phenoxy) is 1. The average Bonchev–Trinajstić information content (AvgIpc) is 2.67. The molecular formula is C21H21F3N2O5. The summed E-state index contributed by atoms with van der Waals surface area (Å²) in [5.74, 6) is -2.13. The first kappa shape index (κ1) is 23.7. The summed E-state index contributed by atoms with van der Waals surface area (Å²) >= 11 is 0. The van der Waals surface area contributed by atoms with Crippen LogP contribution in [0.4, 0.5) is 13.2 Å². The number of carboxylic acid groups (broad SMARTS) is 1. The van der Waals surface area contributed by atoms with Crippen LogP contribution in [-0.4, -0.2) is 41.4 Å². The van der Waals surface area contributed by atoms with Gasteiger partial charge in [-0.05, 0) is 34.9 Å². The number of aliphatic carboxylic acids is 1. The number of benzene rings is 2. The van der Waals surface area contributed by atoms with Crippen molar-refractivity contribution < 1.29 is 37.4 Å². The lowest BCUT2D eigenvalue weighted by molar-refractivity contribution is -0.138. The molecule has 0 atom stereocenters. The maximum absolute atomic E-state index is 13.0. The summed E-state index contributed by atoms with van der Waals surface area (Å²) in [4.78, 5) is 35.9. The number of alkyl halides is 3. The first-order valence-corrected chi connectivity index (χ1v) is 9.06. The van der Waals surface area contributed by atoms with E-state index in [0.29, 0.717) is 22.3 Å². The van der Waals surface area contributed by atoms with E-state index in [1.54, 1.807) is 0 Å². The number of carbonyl (C=O) groups excluding carboxylic acids is 2. The maximum Gasteiger partial charge on any atom is 0.416 e. The van der Waals surface area contributed by atoms with Gasteiger partial charge < -0.3 is 20.5 Å². The van der Waals surface area contributed by atoms with E-state index in [1.165, 1.54) is 38.3 Å². The van der Waals surface area contributed by atoms with Crippen LogP contribution in [0.15, 0.2) is 36.4 Å². The van der Waals surface area contributed by atoms with Gasteiger partial charge in [0.05, 0.1) is 25.6 Å². The Morgan fingerprint density at radius 3 is 2.16 bits per heavy atom. The zero-order valence-electron chi connectivity index (χ0n) is 16.8. The van der Waals surface area contributed by atoms with Gasteiger partial charge in [-0.3, -0.25) is 14.4 Å². The summed E-state index contributed by atoms with van der Waals surface area (Å²) in [7, 11) is 1.36. The number of amides is 2. The fourth-order valence-corrected chi connectivity index (χ4v) is 3.15. The van der Waals surface area contributed by atoms with Crippen molar-refractivity contribution in [3.63, 3.8) is 0 Å². The topological polar surface area (TPSA) is 110 Å². The Morgan fingerprint density at radius 1 is 1.10 bits per heavy atom. The van der Waals surface area contributed by atoms with Crippen LogP contribution in [0.3, 0.4) is 0 Å². The number of halogens is 3. The SMILES string of the molecule is COc1ccc(CC(=O)O)c(CN(CC(N)=O)C(C)=O)c1-c1ccc(C(F)(F)F)cc1. The second-order valence-electron chi connectivity index (χ2n) is 6.77. The lowest BCUT2D eigenvalue weighted by Gasteiger charge is -2.24. The normalized spacial score (nSPS) is 11.1. The van der Waals surface area contributed by atoms with Gasteiger partial charge in [-0.25, -0.2) is 0 Å². The number of nitrogens with zero attached hydrogens (tertiary/aromatic N) is 1. The number of hydrogen-bond acceptors (Lipinski definition) is 4. The molecule has 3 N–H and O–H groups in total. The summed E-state index contributed by atoms with van der Waals surface area (Å²) in [6, 6.07) is 7.27. The van der Waals surface area contributed by atoms with Crippen molar-refractivity contribution in [3.8, 4) is 16.9 Å². The highest BCUT2D eigenvalue weighted by Gasteiger charge is 2.30. The molecule has 0 unspecified atom stereocenters. The van der Waals surface area contributed by atoms with Gasteiger partial charge in [0, 0.05) is 19.0 Å². The van der Waals surface area contributed by atoms with E-state index in [-0.39, 0.29) is 12.3 Å². The second-order valence-corrected chi connectivity index (χ2v) is 6.77. The second kappa shape index (κ2) is 9.50. The molecular weight excluding hydrogens is 417 g/mol. The molecule has 31 heavy (non-hydrogen) atoms. The number of carboxylic acids is 1. The molecule has 0 aliphatic heterocycles. The monoisotopic (exact) mass is 438 g/mol. The van der Waals surface area contributed by atoms with Crippen molar-refractivity contribution in [3.05, 3.63) is 53.1 Å². The Balaban J connectivity index is 2.70. The molecule has 0 spiro atoms. The van der Waals surface area contributed by atoms with Crippen LogP contribution in [0.5, 0.6) is 5.75 Å². The van der Waals surface area contributed by atoms with Gasteiger partial charge in [0.1, 0.15) is 5.75 Å². The summed E-state index contributed by atoms with van der Waals surface area (Å²) in [5.41, 5.74) is 5.66. The van der Waals surface area contributed by atoms with E-state index in [4.69, 9.17) is 10.5 Å². The van der Waals surface area contributed by atoms with Gasteiger partial charge in [0.2, 0.25) is 11.8 Å². The number of nitrogens with two attached hydrogens (primary N) is 1. The Hall–Kier alpha value is -3.56. The zero-order valence-corrected chi connectivity index (χ0v) is 16.8. The van der Waals surface area contributed by atoms with Crippen molar-refractivity contribution >= 4 is 17.8 Å². The van der Waals surface area contributed by atoms with Gasteiger partial charge in [-0.15, -0.1) is 0 Å². The third-order valence-electron chi connectivity index (χ3n) is 4.58. The minimum absolute atomic E-state index is 0.186. The lowest BCUT2D eigenvalue weighted by Crippen LogP contribution is -2.37. The van der Waals surface area contributed by atoms with Crippen LogP contribution < -0.4 is 10.5 Å². The first-order chi connectivity index (χ1) is 14.4. The fraction of sp³-hybridized carbons (Fsp3) is 0.286. The molecule has 0 heterocycles. The van der Waals surface area contributed by atoms with Crippen molar-refractivity contribution in [2.75, 3.05) is 13.7 Å². The Morgan fingerprint density at radius 2 is 1.71 bits per heavy atom. The van der Waals surface area contributed by atoms with Crippen LogP contribution >= 0.6 is 0 Å². The van der Waals surface area contributed by atoms with Gasteiger partial charge >= 0.3 is 12.1 Å². The molecule has 0 saturated carbocycles. The zero-order chi connectivity index (χ0) is 23.3. The minimum Gasteiger partial charge on any atom is -0.496 e. The third kappa shape index (κ3) is 5.97. The summed E-state index contributed by atoms with van der Waals surface area (Å²) in [6.07, 6.45) is -4.93. The lowest BCUT2D eigenvalue weighted by atomic mass is 9.91. The van der Waals surface area contributed by atoms with Crippen molar-refractivity contribution in [1.29, 1.82) is 0 Å². The summed E-state index contributed by atoms with van der Waals surface area (Å²) in [5, 5.41) is 9.28. The number of rotatable bonds is 8. The van der Waals surface area contributed by atoms with Crippen LogP contribution in [0, 0.1) is 0 Å². The number of hydrogen-bond donors (Lipinski definition) is 2. The van der Waals surface area contributed by atoms with Gasteiger partial charge in [-0.1, -0.05) is 18.2 Å². The van der Waals surface area contributed by atoms with Crippen LogP contribution in [0.25, 0.3) is 11.1 Å². The van der Waals surface area contributed by atoms with Gasteiger partial charge in [0.15, 0.2) is 0 Å². The Bertz CT molecular complexity index is 988. The molecule has 0 aliphatic rings. The molecule has 2 rings (SSSR count). The number of primary amides is 1. The summed E-state index contributed by atoms with van der Waals surface area (Å²) in [6.45, 7) is 0.623. The molecule has 0 aromatic heterocycles. The molecule has 0 saturated heterocycles. The van der Waals surface area contributed by atoms with E-state index in [1.807, 2.05) is 0 Å². The van der Waals surface area contributed by atoms with Crippen LogP contribution in [0.2, 0.25) is 0 Å². The highest BCUT2D eigenvalue weighted by molar-refractivity contribution is 5.84. The van der Waals surface area contributed by atoms with Crippen molar-refractivity contribution in [2.45, 2.75) is 26.1 Å². The van der Waals surface area contributed by atoms with Gasteiger partial charge in [0.25, 0.3) is 0 Å². The molecule has 2 aromatic carbocycles. The summed E-state index contributed by atoms with van der Waals surface area (Å²) < 4.78 is 44.2. The van der Waals surface area contributed by atoms with Crippen LogP contribution in [0.1, 0.15) is 23.6 Å². The first-order valence-electron chi connectivity index (χ1n) is 9.06. The van der Waals surface area contributed by atoms with Crippen molar-refractivity contribution in [2.24, 2.45) is 5.73 Å². The molecule has 2 amide bonds. The highest BCUT2D eigenvalue weighted by atomic mass is 19.4. The number of methoxy groups -OCH3 is 1. The van der Waals surface area contributed by atoms with E-state index in [0.717, 1.165) is 17.0 Å². The molecule has 7 nitrogen and oxygen atoms in total. The largest absolute Gasteiger partial charge is 0.496 e. The molecule has 0 fully saturated rings. The Kier molecular flexibility index (Phi) is 7.27. The fourth-order valence-electron chi connectivity index (χ4n) is 3.15. The van der Waals surface area contributed by atoms with Gasteiger partial charge in [-0.2, -0.15) is 13.2 Å². The predicted molar refractivity (Wildman–Crippen MR) is 105 cm³/mol. The average molecular weight is 438 g/mol.